The van der Waals surface area contributed by atoms with Gasteiger partial charge < -0.3 is 10.1 Å². The number of anilines is 1. The molecule has 0 bridgehead atoms. The summed E-state index contributed by atoms with van der Waals surface area (Å²) in [5.41, 5.74) is 1.49. The Morgan fingerprint density at radius 2 is 1.52 bits per heavy atom. The molecule has 0 unspecified atom stereocenters. The predicted octanol–water partition coefficient (Wildman–Crippen LogP) is 3.08. The Kier molecular flexibility index (Phi) is 4.51. The van der Waals surface area contributed by atoms with Crippen LogP contribution in [-0.2, 0) is 9.53 Å². The van der Waals surface area contributed by atoms with Gasteiger partial charge in [0.05, 0.1) is 11.3 Å². The van der Waals surface area contributed by atoms with Crippen LogP contribution in [0.5, 0.6) is 0 Å². The van der Waals surface area contributed by atoms with Crippen LogP contribution >= 0.6 is 0 Å². The van der Waals surface area contributed by atoms with Gasteiger partial charge in [0.25, 0.3) is 17.7 Å². The maximum Gasteiger partial charge on any atom is 0.338 e. The number of amides is 3. The lowest BCUT2D eigenvalue weighted by Crippen LogP contribution is -2.40. The summed E-state index contributed by atoms with van der Waals surface area (Å²) in [5, 5.41) is 4.23. The zero-order valence-electron chi connectivity index (χ0n) is 16.5. The highest BCUT2D eigenvalue weighted by Crippen LogP contribution is 2.32. The van der Waals surface area contributed by atoms with Crippen LogP contribution < -0.4 is 10.2 Å². The van der Waals surface area contributed by atoms with E-state index in [9.17, 15) is 19.2 Å². The van der Waals surface area contributed by atoms with Crippen molar-refractivity contribution in [3.63, 3.8) is 0 Å². The summed E-state index contributed by atoms with van der Waals surface area (Å²) in [6.45, 7) is -0.346. The Balaban J connectivity index is 1.36. The molecule has 1 N–H and O–H groups in total. The summed E-state index contributed by atoms with van der Waals surface area (Å²) in [6, 6.07) is 16.9. The normalized spacial score (nSPS) is 15.2. The quantitative estimate of drug-likeness (QED) is 0.512. The van der Waals surface area contributed by atoms with Crippen LogP contribution in [0.4, 0.5) is 5.69 Å². The summed E-state index contributed by atoms with van der Waals surface area (Å²) in [7, 11) is 0. The van der Waals surface area contributed by atoms with Crippen LogP contribution in [0.2, 0.25) is 0 Å². The van der Waals surface area contributed by atoms with Gasteiger partial charge in [-0.2, -0.15) is 0 Å². The third kappa shape index (κ3) is 3.44. The van der Waals surface area contributed by atoms with Crippen molar-refractivity contribution in [3.05, 3.63) is 77.4 Å². The van der Waals surface area contributed by atoms with Crippen molar-refractivity contribution in [2.75, 3.05) is 11.5 Å². The number of imide groups is 1. The number of ether oxygens (including phenoxy) is 1. The van der Waals surface area contributed by atoms with Crippen LogP contribution in [0.1, 0.15) is 43.9 Å². The van der Waals surface area contributed by atoms with Crippen molar-refractivity contribution < 1.29 is 23.9 Å². The molecule has 3 amide bonds. The summed E-state index contributed by atoms with van der Waals surface area (Å²) in [4.78, 5) is 51.1. The van der Waals surface area contributed by atoms with Gasteiger partial charge in [0, 0.05) is 22.6 Å². The number of esters is 1. The Hall–Kier alpha value is -4.00. The summed E-state index contributed by atoms with van der Waals surface area (Å²) >= 11 is 0. The van der Waals surface area contributed by atoms with E-state index in [2.05, 4.69) is 5.32 Å². The third-order valence-electron chi connectivity index (χ3n) is 5.41. The summed E-state index contributed by atoms with van der Waals surface area (Å²) < 4.78 is 5.03. The molecule has 0 radical (unpaired) electrons. The molecule has 1 heterocycles. The van der Waals surface area contributed by atoms with Gasteiger partial charge in [-0.25, -0.2) is 9.69 Å². The minimum absolute atomic E-state index is 0.195. The molecule has 31 heavy (non-hydrogen) atoms. The highest BCUT2D eigenvalue weighted by atomic mass is 16.5. The number of hydrogen-bond donors (Lipinski definition) is 1. The fraction of sp³-hybridized carbons (Fsp3) is 0.167. The Morgan fingerprint density at radius 1 is 0.903 bits per heavy atom. The average Bonchev–Trinajstić information content (AvgIpc) is 3.60. The zero-order valence-corrected chi connectivity index (χ0v) is 16.5. The Morgan fingerprint density at radius 3 is 2.10 bits per heavy atom. The van der Waals surface area contributed by atoms with Gasteiger partial charge in [-0.3, -0.25) is 14.4 Å². The molecular formula is C24H18N2O5. The molecule has 0 atom stereocenters. The van der Waals surface area contributed by atoms with Gasteiger partial charge in [-0.05, 0) is 54.6 Å². The first-order chi connectivity index (χ1) is 15.0. The van der Waals surface area contributed by atoms with Crippen LogP contribution in [0.15, 0.2) is 60.7 Å². The second kappa shape index (κ2) is 7.36. The standard InChI is InChI=1S/C24H18N2O5/c27-20(25-16-9-10-16)13-31-24(30)15-7-11-17(12-8-15)26-22(28)18-5-1-3-14-4-2-6-19(21(14)18)23(26)29/h1-8,11-12,16H,9-10,13H2,(H,25,27). The largest absolute Gasteiger partial charge is 0.452 e. The minimum Gasteiger partial charge on any atom is -0.452 e. The topological polar surface area (TPSA) is 92.8 Å². The molecule has 7 nitrogen and oxygen atoms in total. The lowest BCUT2D eigenvalue weighted by Gasteiger charge is -2.27. The van der Waals surface area contributed by atoms with Crippen molar-refractivity contribution >= 4 is 40.2 Å². The lowest BCUT2D eigenvalue weighted by atomic mass is 9.94. The number of carbonyl (C=O) groups excluding carboxylic acids is 4. The van der Waals surface area contributed by atoms with E-state index in [1.807, 2.05) is 12.1 Å². The van der Waals surface area contributed by atoms with E-state index in [1.54, 1.807) is 24.3 Å². The van der Waals surface area contributed by atoms with Crippen molar-refractivity contribution in [3.8, 4) is 0 Å². The first-order valence-corrected chi connectivity index (χ1v) is 10.00. The van der Waals surface area contributed by atoms with Crippen molar-refractivity contribution in [2.24, 2.45) is 0 Å². The van der Waals surface area contributed by atoms with Crippen LogP contribution in [0.3, 0.4) is 0 Å². The second-order valence-corrected chi connectivity index (χ2v) is 7.62. The van der Waals surface area contributed by atoms with E-state index >= 15 is 0 Å². The fourth-order valence-electron chi connectivity index (χ4n) is 3.72. The van der Waals surface area contributed by atoms with Gasteiger partial charge in [0.2, 0.25) is 0 Å². The highest BCUT2D eigenvalue weighted by molar-refractivity contribution is 6.35. The Labute approximate surface area is 177 Å². The van der Waals surface area contributed by atoms with Gasteiger partial charge in [-0.1, -0.05) is 24.3 Å². The first kappa shape index (κ1) is 19.0. The number of rotatable bonds is 5. The van der Waals surface area contributed by atoms with Crippen LogP contribution in [0.25, 0.3) is 10.8 Å². The Bertz CT molecular complexity index is 1190. The molecule has 0 saturated heterocycles. The fourth-order valence-corrected chi connectivity index (χ4v) is 3.72. The predicted molar refractivity (Wildman–Crippen MR) is 113 cm³/mol. The van der Waals surface area contributed by atoms with E-state index in [0.717, 1.165) is 23.1 Å². The molecule has 1 saturated carbocycles. The number of nitrogens with one attached hydrogen (secondary N) is 1. The van der Waals surface area contributed by atoms with Crippen molar-refractivity contribution in [1.82, 2.24) is 5.32 Å². The molecule has 1 aliphatic heterocycles. The molecule has 154 valence electrons. The minimum atomic E-state index is -0.649. The van der Waals surface area contributed by atoms with E-state index in [-0.39, 0.29) is 24.1 Å². The third-order valence-corrected chi connectivity index (χ3v) is 5.41. The number of benzene rings is 3. The van der Waals surface area contributed by atoms with Crippen LogP contribution in [-0.4, -0.2) is 36.3 Å². The first-order valence-electron chi connectivity index (χ1n) is 10.00. The van der Waals surface area contributed by atoms with Crippen LogP contribution in [0, 0.1) is 0 Å². The van der Waals surface area contributed by atoms with Gasteiger partial charge in [0.15, 0.2) is 6.61 Å². The maximum absolute atomic E-state index is 13.1. The number of hydrogen-bond acceptors (Lipinski definition) is 5. The van der Waals surface area contributed by atoms with E-state index in [4.69, 9.17) is 4.74 Å². The van der Waals surface area contributed by atoms with E-state index in [0.29, 0.717) is 22.2 Å². The average molecular weight is 414 g/mol. The molecule has 1 fully saturated rings. The van der Waals surface area contributed by atoms with Gasteiger partial charge in [0.1, 0.15) is 0 Å². The van der Waals surface area contributed by atoms with Gasteiger partial charge >= 0.3 is 5.97 Å². The molecule has 1 aliphatic carbocycles. The van der Waals surface area contributed by atoms with Crippen molar-refractivity contribution in [1.29, 1.82) is 0 Å². The molecule has 7 heteroatoms. The number of nitrogens with zero attached hydrogens (tertiary/aromatic N) is 1. The molecule has 2 aliphatic rings. The van der Waals surface area contributed by atoms with E-state index in [1.165, 1.54) is 24.3 Å². The molecule has 0 aromatic heterocycles. The molecule has 3 aromatic carbocycles. The van der Waals surface area contributed by atoms with Gasteiger partial charge in [-0.15, -0.1) is 0 Å². The second-order valence-electron chi connectivity index (χ2n) is 7.62. The number of carbonyl (C=O) groups is 4. The monoisotopic (exact) mass is 414 g/mol. The van der Waals surface area contributed by atoms with E-state index < -0.39 is 17.8 Å². The zero-order chi connectivity index (χ0) is 21.5. The summed E-state index contributed by atoms with van der Waals surface area (Å²) in [6.07, 6.45) is 1.90. The molecular weight excluding hydrogens is 396 g/mol. The van der Waals surface area contributed by atoms with Crippen molar-refractivity contribution in [2.45, 2.75) is 18.9 Å². The smallest absolute Gasteiger partial charge is 0.338 e. The lowest BCUT2D eigenvalue weighted by molar-refractivity contribution is -0.124. The molecule has 3 aromatic rings. The highest BCUT2D eigenvalue weighted by Gasteiger charge is 2.33. The molecule has 5 rings (SSSR count). The summed E-state index contributed by atoms with van der Waals surface area (Å²) in [5.74, 6) is -1.81. The molecule has 0 spiro atoms. The SMILES string of the molecule is O=C(COC(=O)c1ccc(N2C(=O)c3cccc4cccc(c34)C2=O)cc1)NC1CC1. The maximum atomic E-state index is 13.1.